The highest BCUT2D eigenvalue weighted by Gasteiger charge is 2.31. The molecule has 0 radical (unpaired) electrons. The van der Waals surface area contributed by atoms with Gasteiger partial charge in [0.2, 0.25) is 11.8 Å². The number of nitro groups is 1. The van der Waals surface area contributed by atoms with E-state index >= 15 is 0 Å². The summed E-state index contributed by atoms with van der Waals surface area (Å²) in [5.41, 5.74) is 5.87. The minimum atomic E-state index is -0.437. The molecule has 104 valence electrons. The first-order chi connectivity index (χ1) is 8.90. The lowest BCUT2D eigenvalue weighted by molar-refractivity contribution is -0.385. The maximum atomic E-state index is 11.2. The number of anilines is 2. The van der Waals surface area contributed by atoms with Crippen LogP contribution >= 0.6 is 0 Å². The number of hydrogen-bond acceptors (Lipinski definition) is 7. The van der Waals surface area contributed by atoms with E-state index in [4.69, 9.17) is 5.73 Å². The van der Waals surface area contributed by atoms with Gasteiger partial charge in [-0.25, -0.2) is 4.98 Å². The summed E-state index contributed by atoms with van der Waals surface area (Å²) in [6.45, 7) is 3.03. The first-order valence-electron chi connectivity index (χ1n) is 6.10. The van der Waals surface area contributed by atoms with Gasteiger partial charge in [-0.15, -0.1) is 0 Å². The van der Waals surface area contributed by atoms with Crippen LogP contribution in [0, 0.1) is 17.0 Å². The molecule has 2 heterocycles. The van der Waals surface area contributed by atoms with Crippen LogP contribution in [-0.4, -0.2) is 53.0 Å². The second kappa shape index (κ2) is 4.96. The molecule has 1 unspecified atom stereocenters. The predicted octanol–water partition coefficient (Wildman–Crippen LogP) is 0.416. The molecule has 1 fully saturated rings. The summed E-state index contributed by atoms with van der Waals surface area (Å²) in [5.74, 6) is 0.408. The Labute approximate surface area is 111 Å². The van der Waals surface area contributed by atoms with Crippen molar-refractivity contribution in [2.45, 2.75) is 19.4 Å². The molecule has 0 amide bonds. The summed E-state index contributed by atoms with van der Waals surface area (Å²) in [5, 5.41) is 11.2. The van der Waals surface area contributed by atoms with Crippen molar-refractivity contribution in [2.24, 2.45) is 0 Å². The van der Waals surface area contributed by atoms with E-state index in [1.54, 1.807) is 6.92 Å². The first-order valence-corrected chi connectivity index (χ1v) is 6.10. The molecule has 0 saturated carbocycles. The van der Waals surface area contributed by atoms with Gasteiger partial charge in [0.25, 0.3) is 0 Å². The maximum absolute atomic E-state index is 11.2. The van der Waals surface area contributed by atoms with Gasteiger partial charge in [-0.1, -0.05) is 0 Å². The molecular formula is C11H18N6O2. The third-order valence-electron chi connectivity index (χ3n) is 3.43. The van der Waals surface area contributed by atoms with E-state index in [0.717, 1.165) is 13.0 Å². The highest BCUT2D eigenvalue weighted by atomic mass is 16.6. The SMILES string of the molecule is Cc1nc(N)nc(N2CCC(N(C)C)C2)c1[N+](=O)[O-]. The van der Waals surface area contributed by atoms with Gasteiger partial charge >= 0.3 is 5.69 Å². The van der Waals surface area contributed by atoms with Crippen molar-refractivity contribution in [2.75, 3.05) is 37.8 Å². The summed E-state index contributed by atoms with van der Waals surface area (Å²) < 4.78 is 0. The highest BCUT2D eigenvalue weighted by molar-refractivity contribution is 5.62. The maximum Gasteiger partial charge on any atom is 0.332 e. The fourth-order valence-corrected chi connectivity index (χ4v) is 2.36. The topological polar surface area (TPSA) is 101 Å². The predicted molar refractivity (Wildman–Crippen MR) is 72.1 cm³/mol. The molecule has 1 aliphatic heterocycles. The van der Waals surface area contributed by atoms with Gasteiger partial charge in [0.1, 0.15) is 5.69 Å². The van der Waals surface area contributed by atoms with Crippen molar-refractivity contribution in [3.8, 4) is 0 Å². The van der Waals surface area contributed by atoms with Crippen LogP contribution < -0.4 is 10.6 Å². The number of aryl methyl sites for hydroxylation is 1. The average molecular weight is 266 g/mol. The summed E-state index contributed by atoms with van der Waals surface area (Å²) in [7, 11) is 4.00. The Balaban J connectivity index is 2.37. The van der Waals surface area contributed by atoms with Crippen molar-refractivity contribution in [3.05, 3.63) is 15.8 Å². The van der Waals surface area contributed by atoms with Crippen LogP contribution in [0.3, 0.4) is 0 Å². The van der Waals surface area contributed by atoms with Gasteiger partial charge in [-0.05, 0) is 27.4 Å². The van der Waals surface area contributed by atoms with Crippen LogP contribution in [0.1, 0.15) is 12.1 Å². The molecule has 8 heteroatoms. The summed E-state index contributed by atoms with van der Waals surface area (Å²) in [6, 6.07) is 0.371. The zero-order chi connectivity index (χ0) is 14.2. The molecule has 1 aliphatic rings. The summed E-state index contributed by atoms with van der Waals surface area (Å²) in [4.78, 5) is 22.7. The van der Waals surface area contributed by atoms with Crippen LogP contribution in [0.5, 0.6) is 0 Å². The number of rotatable bonds is 3. The van der Waals surface area contributed by atoms with Crippen LogP contribution in [0.2, 0.25) is 0 Å². The van der Waals surface area contributed by atoms with Crippen molar-refractivity contribution in [1.29, 1.82) is 0 Å². The normalized spacial score (nSPS) is 19.2. The fraction of sp³-hybridized carbons (Fsp3) is 0.636. The zero-order valence-corrected chi connectivity index (χ0v) is 11.3. The number of nitrogen functional groups attached to an aromatic ring is 1. The van der Waals surface area contributed by atoms with Gasteiger partial charge in [0, 0.05) is 19.1 Å². The third-order valence-corrected chi connectivity index (χ3v) is 3.43. The van der Waals surface area contributed by atoms with Crippen molar-refractivity contribution in [3.63, 3.8) is 0 Å². The largest absolute Gasteiger partial charge is 0.368 e. The van der Waals surface area contributed by atoms with E-state index in [-0.39, 0.29) is 11.6 Å². The van der Waals surface area contributed by atoms with Crippen LogP contribution in [0.25, 0.3) is 0 Å². The molecule has 0 bridgehead atoms. The standard InChI is InChI=1S/C11H18N6O2/c1-7-9(17(18)19)10(14-11(12)13-7)16-5-4-8(6-16)15(2)3/h8H,4-6H2,1-3H3,(H2,12,13,14). The van der Waals surface area contributed by atoms with E-state index in [2.05, 4.69) is 14.9 Å². The molecule has 1 aromatic heterocycles. The highest BCUT2D eigenvalue weighted by Crippen LogP contribution is 2.31. The van der Waals surface area contributed by atoms with E-state index in [0.29, 0.717) is 24.1 Å². The van der Waals surface area contributed by atoms with E-state index in [1.807, 2.05) is 19.0 Å². The van der Waals surface area contributed by atoms with Gasteiger partial charge < -0.3 is 15.5 Å². The molecule has 1 saturated heterocycles. The Morgan fingerprint density at radius 3 is 2.68 bits per heavy atom. The molecule has 0 aliphatic carbocycles. The number of aromatic nitrogens is 2. The Hall–Kier alpha value is -1.96. The Bertz CT molecular complexity index is 504. The molecule has 1 atom stereocenters. The van der Waals surface area contributed by atoms with Crippen molar-refractivity contribution >= 4 is 17.5 Å². The first kappa shape index (κ1) is 13.5. The minimum Gasteiger partial charge on any atom is -0.368 e. The van der Waals surface area contributed by atoms with E-state index in [1.165, 1.54) is 0 Å². The zero-order valence-electron chi connectivity index (χ0n) is 11.3. The molecule has 2 rings (SSSR count). The molecule has 0 spiro atoms. The van der Waals surface area contributed by atoms with Crippen LogP contribution in [0.15, 0.2) is 0 Å². The molecule has 2 N–H and O–H groups in total. The lowest BCUT2D eigenvalue weighted by Gasteiger charge is -2.21. The number of nitrogens with two attached hydrogens (primary N) is 1. The minimum absolute atomic E-state index is 0.0476. The lowest BCUT2D eigenvalue weighted by atomic mass is 10.2. The second-order valence-corrected chi connectivity index (χ2v) is 4.95. The van der Waals surface area contributed by atoms with Gasteiger partial charge in [0.05, 0.1) is 4.92 Å². The van der Waals surface area contributed by atoms with Crippen molar-refractivity contribution < 1.29 is 4.92 Å². The smallest absolute Gasteiger partial charge is 0.332 e. The Kier molecular flexibility index (Phi) is 3.52. The van der Waals surface area contributed by atoms with Crippen LogP contribution in [0.4, 0.5) is 17.5 Å². The summed E-state index contributed by atoms with van der Waals surface area (Å²) >= 11 is 0. The molecule has 1 aromatic rings. The van der Waals surface area contributed by atoms with Gasteiger partial charge in [-0.2, -0.15) is 4.98 Å². The van der Waals surface area contributed by atoms with Gasteiger partial charge in [0.15, 0.2) is 0 Å². The monoisotopic (exact) mass is 266 g/mol. The number of likely N-dealkylation sites (N-methyl/N-ethyl adjacent to an activating group) is 1. The fourth-order valence-electron chi connectivity index (χ4n) is 2.36. The molecular weight excluding hydrogens is 248 g/mol. The van der Waals surface area contributed by atoms with E-state index in [9.17, 15) is 10.1 Å². The van der Waals surface area contributed by atoms with Crippen LogP contribution in [-0.2, 0) is 0 Å². The molecule has 8 nitrogen and oxygen atoms in total. The second-order valence-electron chi connectivity index (χ2n) is 4.95. The third kappa shape index (κ3) is 2.58. The number of nitrogens with zero attached hydrogens (tertiary/aromatic N) is 5. The van der Waals surface area contributed by atoms with Crippen molar-refractivity contribution in [1.82, 2.24) is 14.9 Å². The quantitative estimate of drug-likeness (QED) is 0.624. The van der Waals surface area contributed by atoms with E-state index < -0.39 is 4.92 Å². The molecule has 19 heavy (non-hydrogen) atoms. The summed E-state index contributed by atoms with van der Waals surface area (Å²) in [6.07, 6.45) is 0.951. The number of hydrogen-bond donors (Lipinski definition) is 1. The Morgan fingerprint density at radius 1 is 1.47 bits per heavy atom. The molecule has 0 aromatic carbocycles. The van der Waals surface area contributed by atoms with Gasteiger partial charge in [-0.3, -0.25) is 10.1 Å². The Morgan fingerprint density at radius 2 is 2.16 bits per heavy atom. The average Bonchev–Trinajstić information content (AvgIpc) is 2.76. The lowest BCUT2D eigenvalue weighted by Crippen LogP contribution is -2.32.